The summed E-state index contributed by atoms with van der Waals surface area (Å²) in [6.07, 6.45) is 4.17. The number of rotatable bonds is 4. The summed E-state index contributed by atoms with van der Waals surface area (Å²) in [5.41, 5.74) is 1.07. The molecule has 1 aliphatic carbocycles. The van der Waals surface area contributed by atoms with Crippen molar-refractivity contribution in [3.05, 3.63) is 23.8 Å². The van der Waals surface area contributed by atoms with Crippen molar-refractivity contribution >= 4 is 5.91 Å². The van der Waals surface area contributed by atoms with Crippen molar-refractivity contribution in [2.24, 2.45) is 5.92 Å². The molecule has 1 aromatic rings. The summed E-state index contributed by atoms with van der Waals surface area (Å²) < 4.78 is 10.8. The summed E-state index contributed by atoms with van der Waals surface area (Å²) in [5.74, 6) is 2.24. The molecular weight excluding hydrogens is 254 g/mol. The van der Waals surface area contributed by atoms with Crippen molar-refractivity contribution in [1.82, 2.24) is 4.90 Å². The second-order valence-corrected chi connectivity index (χ2v) is 5.57. The number of hydrogen-bond donors (Lipinski definition) is 0. The average Bonchev–Trinajstić information content (AvgIpc) is 3.22. The van der Waals surface area contributed by atoms with E-state index in [1.807, 2.05) is 23.1 Å². The van der Waals surface area contributed by atoms with Crippen LogP contribution in [0, 0.1) is 5.92 Å². The van der Waals surface area contributed by atoms with E-state index in [1.54, 1.807) is 14.2 Å². The molecule has 0 radical (unpaired) electrons. The first-order valence-electron chi connectivity index (χ1n) is 7.27. The highest BCUT2D eigenvalue weighted by Gasteiger charge is 2.39. The molecule has 4 nitrogen and oxygen atoms in total. The zero-order valence-electron chi connectivity index (χ0n) is 12.1. The standard InChI is InChI=1S/C16H21NO3/c1-19-12-7-8-15(20-2)13(10-12)14-4-3-9-17(14)16(18)11-5-6-11/h7-8,10-11,14H,3-6,9H2,1-2H3/t14-/m1/s1. The normalized spacial score (nSPS) is 21.9. The van der Waals surface area contributed by atoms with Crippen molar-refractivity contribution in [2.45, 2.75) is 31.7 Å². The predicted molar refractivity (Wildman–Crippen MR) is 76.0 cm³/mol. The van der Waals surface area contributed by atoms with E-state index in [-0.39, 0.29) is 12.0 Å². The summed E-state index contributed by atoms with van der Waals surface area (Å²) in [6.45, 7) is 0.861. The Morgan fingerprint density at radius 1 is 1.20 bits per heavy atom. The van der Waals surface area contributed by atoms with Gasteiger partial charge < -0.3 is 14.4 Å². The fourth-order valence-electron chi connectivity index (χ4n) is 3.02. The van der Waals surface area contributed by atoms with Crippen LogP contribution in [0.4, 0.5) is 0 Å². The van der Waals surface area contributed by atoms with Crippen LogP contribution in [0.2, 0.25) is 0 Å². The highest BCUT2D eigenvalue weighted by molar-refractivity contribution is 5.82. The van der Waals surface area contributed by atoms with Crippen molar-refractivity contribution in [1.29, 1.82) is 0 Å². The molecule has 20 heavy (non-hydrogen) atoms. The van der Waals surface area contributed by atoms with Crippen LogP contribution < -0.4 is 9.47 Å². The molecule has 108 valence electrons. The maximum absolute atomic E-state index is 12.4. The molecule has 0 aromatic heterocycles. The molecule has 1 heterocycles. The van der Waals surface area contributed by atoms with Crippen molar-refractivity contribution in [2.75, 3.05) is 20.8 Å². The highest BCUT2D eigenvalue weighted by Crippen LogP contribution is 2.42. The lowest BCUT2D eigenvalue weighted by atomic mass is 10.0. The number of amides is 1. The molecule has 0 spiro atoms. The molecule has 1 saturated carbocycles. The molecule has 1 saturated heterocycles. The molecule has 0 unspecified atom stereocenters. The number of hydrogen-bond acceptors (Lipinski definition) is 3. The van der Waals surface area contributed by atoms with Crippen molar-refractivity contribution in [3.8, 4) is 11.5 Å². The molecule has 3 rings (SSSR count). The van der Waals surface area contributed by atoms with Crippen LogP contribution in [-0.2, 0) is 4.79 Å². The first-order valence-corrected chi connectivity index (χ1v) is 7.27. The summed E-state index contributed by atoms with van der Waals surface area (Å²) in [4.78, 5) is 14.4. The lowest BCUT2D eigenvalue weighted by molar-refractivity contribution is -0.133. The van der Waals surface area contributed by atoms with Gasteiger partial charge in [-0.15, -0.1) is 0 Å². The van der Waals surface area contributed by atoms with Gasteiger partial charge in [0.25, 0.3) is 0 Å². The Balaban J connectivity index is 1.91. The maximum atomic E-state index is 12.4. The van der Waals surface area contributed by atoms with E-state index in [4.69, 9.17) is 9.47 Å². The zero-order chi connectivity index (χ0) is 14.1. The van der Waals surface area contributed by atoms with E-state index in [0.717, 1.165) is 49.3 Å². The Morgan fingerprint density at radius 3 is 2.65 bits per heavy atom. The van der Waals surface area contributed by atoms with E-state index >= 15 is 0 Å². The highest BCUT2D eigenvalue weighted by atomic mass is 16.5. The number of carbonyl (C=O) groups excluding carboxylic acids is 1. The van der Waals surface area contributed by atoms with Gasteiger partial charge in [0.15, 0.2) is 0 Å². The number of nitrogens with zero attached hydrogens (tertiary/aromatic N) is 1. The summed E-state index contributed by atoms with van der Waals surface area (Å²) in [5, 5.41) is 0. The van der Waals surface area contributed by atoms with Crippen LogP contribution in [0.5, 0.6) is 11.5 Å². The first-order chi connectivity index (χ1) is 9.74. The third-order valence-corrected chi connectivity index (χ3v) is 4.26. The lowest BCUT2D eigenvalue weighted by Crippen LogP contribution is -2.31. The fourth-order valence-corrected chi connectivity index (χ4v) is 3.02. The molecule has 0 N–H and O–H groups in total. The van der Waals surface area contributed by atoms with E-state index in [1.165, 1.54) is 0 Å². The minimum absolute atomic E-state index is 0.133. The van der Waals surface area contributed by atoms with Crippen LogP contribution in [-0.4, -0.2) is 31.6 Å². The van der Waals surface area contributed by atoms with Gasteiger partial charge in [0, 0.05) is 18.0 Å². The van der Waals surface area contributed by atoms with Gasteiger partial charge in [0.1, 0.15) is 11.5 Å². The first kappa shape index (κ1) is 13.3. The Kier molecular flexibility index (Phi) is 3.55. The molecule has 1 aromatic carbocycles. The largest absolute Gasteiger partial charge is 0.497 e. The number of benzene rings is 1. The van der Waals surface area contributed by atoms with Gasteiger partial charge in [-0.2, -0.15) is 0 Å². The Hall–Kier alpha value is -1.71. The van der Waals surface area contributed by atoms with Crippen LogP contribution in [0.15, 0.2) is 18.2 Å². The van der Waals surface area contributed by atoms with Gasteiger partial charge in [-0.3, -0.25) is 4.79 Å². The molecule has 2 fully saturated rings. The van der Waals surface area contributed by atoms with Gasteiger partial charge in [-0.05, 0) is 43.9 Å². The number of ether oxygens (including phenoxy) is 2. The van der Waals surface area contributed by atoms with Crippen molar-refractivity contribution < 1.29 is 14.3 Å². The predicted octanol–water partition coefficient (Wildman–Crippen LogP) is 2.78. The monoisotopic (exact) mass is 275 g/mol. The van der Waals surface area contributed by atoms with Crippen LogP contribution >= 0.6 is 0 Å². The van der Waals surface area contributed by atoms with Crippen LogP contribution in [0.3, 0.4) is 0 Å². The molecule has 4 heteroatoms. The molecule has 1 aliphatic heterocycles. The van der Waals surface area contributed by atoms with Crippen molar-refractivity contribution in [3.63, 3.8) is 0 Å². The molecule has 0 bridgehead atoms. The smallest absolute Gasteiger partial charge is 0.226 e. The number of methoxy groups -OCH3 is 2. The van der Waals surface area contributed by atoms with Gasteiger partial charge in [0.2, 0.25) is 5.91 Å². The Bertz CT molecular complexity index is 510. The number of likely N-dealkylation sites (tertiary alicyclic amines) is 1. The van der Waals surface area contributed by atoms with Crippen LogP contribution in [0.1, 0.15) is 37.3 Å². The minimum Gasteiger partial charge on any atom is -0.497 e. The zero-order valence-corrected chi connectivity index (χ0v) is 12.1. The minimum atomic E-state index is 0.133. The summed E-state index contributed by atoms with van der Waals surface area (Å²) in [7, 11) is 3.33. The SMILES string of the molecule is COc1ccc(OC)c([C@H]2CCCN2C(=O)C2CC2)c1. The van der Waals surface area contributed by atoms with Gasteiger partial charge >= 0.3 is 0 Å². The third-order valence-electron chi connectivity index (χ3n) is 4.26. The van der Waals surface area contributed by atoms with E-state index in [9.17, 15) is 4.79 Å². The van der Waals surface area contributed by atoms with E-state index in [0.29, 0.717) is 5.91 Å². The quantitative estimate of drug-likeness (QED) is 0.848. The van der Waals surface area contributed by atoms with Gasteiger partial charge in [-0.1, -0.05) is 0 Å². The van der Waals surface area contributed by atoms with Gasteiger partial charge in [-0.25, -0.2) is 0 Å². The topological polar surface area (TPSA) is 38.8 Å². The van der Waals surface area contributed by atoms with E-state index < -0.39 is 0 Å². The maximum Gasteiger partial charge on any atom is 0.226 e. The fraction of sp³-hybridized carbons (Fsp3) is 0.562. The third kappa shape index (κ3) is 2.35. The van der Waals surface area contributed by atoms with Crippen LogP contribution in [0.25, 0.3) is 0 Å². The second-order valence-electron chi connectivity index (χ2n) is 5.57. The number of carbonyl (C=O) groups is 1. The Morgan fingerprint density at radius 2 is 2.00 bits per heavy atom. The summed E-state index contributed by atoms with van der Waals surface area (Å²) >= 11 is 0. The molecule has 2 aliphatic rings. The molecular formula is C16H21NO3. The van der Waals surface area contributed by atoms with Gasteiger partial charge in [0.05, 0.1) is 20.3 Å². The second kappa shape index (κ2) is 5.35. The Labute approximate surface area is 119 Å². The summed E-state index contributed by atoms with van der Waals surface area (Å²) in [6, 6.07) is 5.95. The lowest BCUT2D eigenvalue weighted by Gasteiger charge is -2.26. The molecule has 1 amide bonds. The van der Waals surface area contributed by atoms with E-state index in [2.05, 4.69) is 0 Å². The average molecular weight is 275 g/mol. The molecule has 1 atom stereocenters.